The highest BCUT2D eigenvalue weighted by molar-refractivity contribution is 5.98. The number of ether oxygens (including phenoxy) is 2. The SMILES string of the molecule is CCn1nc(C)cc1COC(=O)c1c(N)cccc1OC. The Morgan fingerprint density at radius 2 is 2.19 bits per heavy atom. The molecule has 2 rings (SSSR count). The molecule has 21 heavy (non-hydrogen) atoms. The molecule has 1 aromatic heterocycles. The molecular weight excluding hydrogens is 270 g/mol. The maximum Gasteiger partial charge on any atom is 0.344 e. The van der Waals surface area contributed by atoms with Crippen LogP contribution in [-0.2, 0) is 17.9 Å². The molecule has 0 spiro atoms. The second-order valence-electron chi connectivity index (χ2n) is 4.59. The number of hydrogen-bond acceptors (Lipinski definition) is 5. The van der Waals surface area contributed by atoms with E-state index in [4.69, 9.17) is 15.2 Å². The Balaban J connectivity index is 2.15. The van der Waals surface area contributed by atoms with E-state index in [2.05, 4.69) is 5.10 Å². The standard InChI is InChI=1S/C15H19N3O3/c1-4-18-11(8-10(2)17-18)9-21-15(19)14-12(16)6-5-7-13(14)20-3/h5-8H,4,9,16H2,1-3H3. The Hall–Kier alpha value is -2.50. The monoisotopic (exact) mass is 289 g/mol. The minimum atomic E-state index is -0.508. The molecule has 0 aliphatic carbocycles. The lowest BCUT2D eigenvalue weighted by atomic mass is 10.1. The molecule has 0 amide bonds. The van der Waals surface area contributed by atoms with E-state index in [9.17, 15) is 4.79 Å². The third kappa shape index (κ3) is 3.16. The fourth-order valence-corrected chi connectivity index (χ4v) is 2.14. The van der Waals surface area contributed by atoms with Crippen LogP contribution < -0.4 is 10.5 Å². The van der Waals surface area contributed by atoms with E-state index in [1.165, 1.54) is 7.11 Å². The van der Waals surface area contributed by atoms with Crippen LogP contribution in [0.2, 0.25) is 0 Å². The molecule has 2 aromatic rings. The Bertz CT molecular complexity index is 650. The van der Waals surface area contributed by atoms with Crippen LogP contribution in [0, 0.1) is 6.92 Å². The molecule has 0 aliphatic heterocycles. The number of aryl methyl sites for hydroxylation is 2. The van der Waals surface area contributed by atoms with Gasteiger partial charge < -0.3 is 15.2 Å². The summed E-state index contributed by atoms with van der Waals surface area (Å²) in [4.78, 5) is 12.2. The number of nitrogen functional groups attached to an aromatic ring is 1. The van der Waals surface area contributed by atoms with Gasteiger partial charge in [0.15, 0.2) is 0 Å². The van der Waals surface area contributed by atoms with E-state index in [0.29, 0.717) is 11.4 Å². The van der Waals surface area contributed by atoms with Gasteiger partial charge in [-0.3, -0.25) is 4.68 Å². The van der Waals surface area contributed by atoms with Gasteiger partial charge in [0.25, 0.3) is 0 Å². The fourth-order valence-electron chi connectivity index (χ4n) is 2.14. The lowest BCUT2D eigenvalue weighted by molar-refractivity contribution is 0.0460. The van der Waals surface area contributed by atoms with Crippen LogP contribution in [-0.4, -0.2) is 22.9 Å². The van der Waals surface area contributed by atoms with Crippen LogP contribution in [0.5, 0.6) is 5.75 Å². The zero-order valence-electron chi connectivity index (χ0n) is 12.4. The number of anilines is 1. The average molecular weight is 289 g/mol. The maximum atomic E-state index is 12.2. The van der Waals surface area contributed by atoms with E-state index in [-0.39, 0.29) is 12.2 Å². The van der Waals surface area contributed by atoms with Gasteiger partial charge in [0.05, 0.1) is 18.5 Å². The minimum Gasteiger partial charge on any atom is -0.496 e. The van der Waals surface area contributed by atoms with E-state index in [1.807, 2.05) is 19.9 Å². The van der Waals surface area contributed by atoms with Crippen LogP contribution in [0.25, 0.3) is 0 Å². The third-order valence-electron chi connectivity index (χ3n) is 3.12. The van der Waals surface area contributed by atoms with Gasteiger partial charge in [-0.05, 0) is 32.0 Å². The van der Waals surface area contributed by atoms with Gasteiger partial charge in [-0.25, -0.2) is 4.79 Å². The molecule has 0 radical (unpaired) electrons. The zero-order chi connectivity index (χ0) is 15.4. The Kier molecular flexibility index (Phi) is 4.47. The number of esters is 1. The second kappa shape index (κ2) is 6.30. The molecule has 0 saturated carbocycles. The molecule has 0 aliphatic rings. The quantitative estimate of drug-likeness (QED) is 0.674. The van der Waals surface area contributed by atoms with Crippen molar-refractivity contribution in [2.24, 2.45) is 0 Å². The molecule has 1 heterocycles. The molecule has 0 atom stereocenters. The predicted molar refractivity (Wildman–Crippen MR) is 79.2 cm³/mol. The summed E-state index contributed by atoms with van der Waals surface area (Å²) in [7, 11) is 1.49. The van der Waals surface area contributed by atoms with Crippen LogP contribution in [0.4, 0.5) is 5.69 Å². The van der Waals surface area contributed by atoms with Crippen molar-refractivity contribution in [1.82, 2.24) is 9.78 Å². The number of carbonyl (C=O) groups excluding carboxylic acids is 1. The van der Waals surface area contributed by atoms with Gasteiger partial charge in [-0.15, -0.1) is 0 Å². The topological polar surface area (TPSA) is 79.4 Å². The van der Waals surface area contributed by atoms with Gasteiger partial charge in [0.2, 0.25) is 0 Å². The summed E-state index contributed by atoms with van der Waals surface area (Å²) in [5, 5.41) is 4.31. The van der Waals surface area contributed by atoms with Crippen molar-refractivity contribution in [2.75, 3.05) is 12.8 Å². The molecule has 0 fully saturated rings. The Morgan fingerprint density at radius 1 is 1.43 bits per heavy atom. The summed E-state index contributed by atoms with van der Waals surface area (Å²) in [6, 6.07) is 6.93. The van der Waals surface area contributed by atoms with Crippen molar-refractivity contribution in [3.63, 3.8) is 0 Å². The summed E-state index contributed by atoms with van der Waals surface area (Å²) < 4.78 is 12.3. The normalized spacial score (nSPS) is 10.4. The van der Waals surface area contributed by atoms with E-state index < -0.39 is 5.97 Å². The number of benzene rings is 1. The van der Waals surface area contributed by atoms with Crippen LogP contribution in [0.3, 0.4) is 0 Å². The van der Waals surface area contributed by atoms with Crippen molar-refractivity contribution >= 4 is 11.7 Å². The lowest BCUT2D eigenvalue weighted by Crippen LogP contribution is -2.12. The van der Waals surface area contributed by atoms with Crippen LogP contribution in [0.15, 0.2) is 24.3 Å². The van der Waals surface area contributed by atoms with Crippen molar-refractivity contribution in [1.29, 1.82) is 0 Å². The van der Waals surface area contributed by atoms with Gasteiger partial charge in [-0.1, -0.05) is 6.07 Å². The summed E-state index contributed by atoms with van der Waals surface area (Å²) in [6.07, 6.45) is 0. The number of methoxy groups -OCH3 is 1. The molecule has 1 aromatic carbocycles. The number of nitrogens with two attached hydrogens (primary N) is 1. The highest BCUT2D eigenvalue weighted by Gasteiger charge is 2.18. The van der Waals surface area contributed by atoms with Gasteiger partial charge in [0, 0.05) is 12.2 Å². The van der Waals surface area contributed by atoms with Crippen molar-refractivity contribution in [2.45, 2.75) is 27.0 Å². The Morgan fingerprint density at radius 3 is 2.86 bits per heavy atom. The van der Waals surface area contributed by atoms with Crippen molar-refractivity contribution in [3.05, 3.63) is 41.2 Å². The molecule has 0 saturated heterocycles. The summed E-state index contributed by atoms with van der Waals surface area (Å²) in [5.41, 5.74) is 8.14. The van der Waals surface area contributed by atoms with Crippen molar-refractivity contribution in [3.8, 4) is 5.75 Å². The molecular formula is C15H19N3O3. The largest absolute Gasteiger partial charge is 0.496 e. The highest BCUT2D eigenvalue weighted by atomic mass is 16.5. The number of carbonyl (C=O) groups is 1. The lowest BCUT2D eigenvalue weighted by Gasteiger charge is -2.11. The molecule has 0 bridgehead atoms. The average Bonchev–Trinajstić information content (AvgIpc) is 2.84. The zero-order valence-corrected chi connectivity index (χ0v) is 12.4. The predicted octanol–water partition coefficient (Wildman–Crippen LogP) is 2.16. The number of hydrogen-bond donors (Lipinski definition) is 1. The van der Waals surface area contributed by atoms with Gasteiger partial charge >= 0.3 is 5.97 Å². The molecule has 2 N–H and O–H groups in total. The first-order valence-corrected chi connectivity index (χ1v) is 6.69. The van der Waals surface area contributed by atoms with Crippen molar-refractivity contribution < 1.29 is 14.3 Å². The van der Waals surface area contributed by atoms with Crippen LogP contribution >= 0.6 is 0 Å². The molecule has 112 valence electrons. The third-order valence-corrected chi connectivity index (χ3v) is 3.12. The fraction of sp³-hybridized carbons (Fsp3) is 0.333. The molecule has 0 unspecified atom stereocenters. The summed E-state index contributed by atoms with van der Waals surface area (Å²) >= 11 is 0. The first-order valence-electron chi connectivity index (χ1n) is 6.69. The first kappa shape index (κ1) is 14.9. The second-order valence-corrected chi connectivity index (χ2v) is 4.59. The van der Waals surface area contributed by atoms with E-state index in [1.54, 1.807) is 22.9 Å². The Labute approximate surface area is 123 Å². The number of nitrogens with zero attached hydrogens (tertiary/aromatic N) is 2. The minimum absolute atomic E-state index is 0.144. The number of aromatic nitrogens is 2. The molecule has 6 nitrogen and oxygen atoms in total. The van der Waals surface area contributed by atoms with E-state index >= 15 is 0 Å². The smallest absolute Gasteiger partial charge is 0.344 e. The highest BCUT2D eigenvalue weighted by Crippen LogP contribution is 2.25. The first-order chi connectivity index (χ1) is 10.1. The summed E-state index contributed by atoms with van der Waals surface area (Å²) in [5.74, 6) is -0.105. The maximum absolute atomic E-state index is 12.2. The number of rotatable bonds is 5. The van der Waals surface area contributed by atoms with E-state index in [0.717, 1.165) is 17.9 Å². The molecule has 6 heteroatoms. The van der Waals surface area contributed by atoms with Gasteiger partial charge in [0.1, 0.15) is 17.9 Å². The summed E-state index contributed by atoms with van der Waals surface area (Å²) in [6.45, 7) is 4.74. The van der Waals surface area contributed by atoms with Gasteiger partial charge in [-0.2, -0.15) is 5.10 Å². The van der Waals surface area contributed by atoms with Crippen LogP contribution in [0.1, 0.15) is 28.7 Å².